The first-order chi connectivity index (χ1) is 12.8. The summed E-state index contributed by atoms with van der Waals surface area (Å²) in [5.41, 5.74) is 1.71. The van der Waals surface area contributed by atoms with Crippen LogP contribution in [0, 0.1) is 11.3 Å². The first-order valence-corrected chi connectivity index (χ1v) is 8.72. The Morgan fingerprint density at radius 3 is 2.35 bits per heavy atom. The molecule has 132 valence electrons. The second-order valence-corrected chi connectivity index (χ2v) is 5.71. The quantitative estimate of drug-likeness (QED) is 0.227. The summed E-state index contributed by atoms with van der Waals surface area (Å²) in [6.45, 7) is 2.41. The largest absolute Gasteiger partial charge is 0.461 e. The van der Waals surface area contributed by atoms with E-state index in [9.17, 15) is 10.1 Å². The number of carbonyl (C=O) groups is 1. The van der Waals surface area contributed by atoms with Crippen LogP contribution in [-0.2, 0) is 9.53 Å². The number of hydrogen-bond acceptors (Lipinski definition) is 4. The molecule has 0 radical (unpaired) electrons. The molecule has 2 aromatic rings. The number of allylic oxidation sites excluding steroid dienone is 1. The van der Waals surface area contributed by atoms with Gasteiger partial charge in [-0.3, -0.25) is 0 Å². The molecule has 26 heavy (non-hydrogen) atoms. The number of ether oxygens (including phenoxy) is 1. The van der Waals surface area contributed by atoms with Gasteiger partial charge in [-0.25, -0.2) is 9.79 Å². The highest BCUT2D eigenvalue weighted by atomic mass is 16.5. The fourth-order valence-electron chi connectivity index (χ4n) is 2.34. The van der Waals surface area contributed by atoms with Gasteiger partial charge in [0.15, 0.2) is 5.70 Å². The highest BCUT2D eigenvalue weighted by Gasteiger charge is 2.17. The third-order valence-corrected chi connectivity index (χ3v) is 3.73. The van der Waals surface area contributed by atoms with Crippen molar-refractivity contribution in [3.05, 3.63) is 77.5 Å². The van der Waals surface area contributed by atoms with Gasteiger partial charge < -0.3 is 4.74 Å². The van der Waals surface area contributed by atoms with Crippen LogP contribution in [0.25, 0.3) is 5.57 Å². The Morgan fingerprint density at radius 2 is 1.73 bits per heavy atom. The van der Waals surface area contributed by atoms with E-state index in [0.29, 0.717) is 12.2 Å². The van der Waals surface area contributed by atoms with Gasteiger partial charge in [0, 0.05) is 6.21 Å². The van der Waals surface area contributed by atoms with E-state index in [0.717, 1.165) is 24.8 Å². The lowest BCUT2D eigenvalue weighted by atomic mass is 10.1. The van der Waals surface area contributed by atoms with E-state index >= 15 is 0 Å². The molecule has 2 rings (SSSR count). The minimum Gasteiger partial charge on any atom is -0.461 e. The van der Waals surface area contributed by atoms with E-state index in [1.165, 1.54) is 0 Å². The molecule has 0 heterocycles. The zero-order valence-corrected chi connectivity index (χ0v) is 14.9. The summed E-state index contributed by atoms with van der Waals surface area (Å²) >= 11 is 0. The first-order valence-electron chi connectivity index (χ1n) is 8.72. The number of hydrogen-bond donors (Lipinski definition) is 0. The fourth-order valence-corrected chi connectivity index (χ4v) is 2.34. The molecule has 0 fully saturated rings. The Balaban J connectivity index is 2.34. The van der Waals surface area contributed by atoms with Crippen LogP contribution in [0.5, 0.6) is 0 Å². The standard InChI is InChI=1S/C22H22N2O2/c1-2-3-10-15-26-22(25)21(24-17-18-11-6-4-7-12-18)20(16-23)19-13-8-5-9-14-19/h4-9,11-14,17H,2-3,10,15H2,1H3. The second kappa shape index (κ2) is 10.6. The maximum absolute atomic E-state index is 12.6. The van der Waals surface area contributed by atoms with E-state index in [1.807, 2.05) is 48.5 Å². The molecule has 0 amide bonds. The van der Waals surface area contributed by atoms with Crippen molar-refractivity contribution in [2.24, 2.45) is 4.99 Å². The van der Waals surface area contributed by atoms with Crippen molar-refractivity contribution in [3.8, 4) is 6.07 Å². The van der Waals surface area contributed by atoms with Crippen molar-refractivity contribution in [2.75, 3.05) is 6.61 Å². The van der Waals surface area contributed by atoms with E-state index in [-0.39, 0.29) is 11.3 Å². The highest BCUT2D eigenvalue weighted by Crippen LogP contribution is 2.20. The molecule has 2 aromatic carbocycles. The van der Waals surface area contributed by atoms with Crippen LogP contribution in [0.4, 0.5) is 0 Å². The molecular formula is C22H22N2O2. The maximum atomic E-state index is 12.6. The molecule has 0 bridgehead atoms. The van der Waals surface area contributed by atoms with E-state index < -0.39 is 5.97 Å². The zero-order valence-electron chi connectivity index (χ0n) is 14.9. The molecule has 0 N–H and O–H groups in total. The van der Waals surface area contributed by atoms with Crippen LogP contribution in [-0.4, -0.2) is 18.8 Å². The molecule has 0 spiro atoms. The Kier molecular flexibility index (Phi) is 7.82. The van der Waals surface area contributed by atoms with Crippen LogP contribution in [0.15, 0.2) is 71.4 Å². The van der Waals surface area contributed by atoms with Crippen LogP contribution in [0.2, 0.25) is 0 Å². The smallest absolute Gasteiger partial charge is 0.358 e. The first kappa shape index (κ1) is 19.1. The molecule has 4 nitrogen and oxygen atoms in total. The predicted octanol–water partition coefficient (Wildman–Crippen LogP) is 4.77. The number of rotatable bonds is 8. The van der Waals surface area contributed by atoms with Gasteiger partial charge in [-0.2, -0.15) is 5.26 Å². The average molecular weight is 346 g/mol. The molecular weight excluding hydrogens is 324 g/mol. The van der Waals surface area contributed by atoms with Gasteiger partial charge in [0.05, 0.1) is 12.2 Å². The van der Waals surface area contributed by atoms with Gasteiger partial charge in [0.25, 0.3) is 0 Å². The lowest BCUT2D eigenvalue weighted by Crippen LogP contribution is -2.10. The minimum atomic E-state index is -0.575. The third-order valence-electron chi connectivity index (χ3n) is 3.73. The van der Waals surface area contributed by atoms with Gasteiger partial charge in [-0.1, -0.05) is 80.4 Å². The molecule has 0 unspecified atom stereocenters. The summed E-state index contributed by atoms with van der Waals surface area (Å²) in [5, 5.41) is 9.62. The van der Waals surface area contributed by atoms with E-state index in [1.54, 1.807) is 18.3 Å². The number of benzene rings is 2. The van der Waals surface area contributed by atoms with E-state index in [2.05, 4.69) is 18.0 Å². The summed E-state index contributed by atoms with van der Waals surface area (Å²) in [6, 6.07) is 20.6. The summed E-state index contributed by atoms with van der Waals surface area (Å²) in [6.07, 6.45) is 4.40. The van der Waals surface area contributed by atoms with Crippen LogP contribution < -0.4 is 0 Å². The van der Waals surface area contributed by atoms with Crippen molar-refractivity contribution < 1.29 is 9.53 Å². The number of aliphatic imine (C=N–C) groups is 1. The van der Waals surface area contributed by atoms with Crippen molar-refractivity contribution in [1.29, 1.82) is 5.26 Å². The van der Waals surface area contributed by atoms with Crippen LogP contribution >= 0.6 is 0 Å². The molecule has 4 heteroatoms. The zero-order chi connectivity index (χ0) is 18.6. The number of nitrogens with zero attached hydrogens (tertiary/aromatic N) is 2. The summed E-state index contributed by atoms with van der Waals surface area (Å²) in [7, 11) is 0. The molecule has 0 saturated carbocycles. The topological polar surface area (TPSA) is 62.4 Å². The summed E-state index contributed by atoms with van der Waals surface area (Å²) in [4.78, 5) is 16.9. The van der Waals surface area contributed by atoms with Crippen molar-refractivity contribution in [3.63, 3.8) is 0 Å². The molecule has 0 aromatic heterocycles. The Labute approximate surface area is 154 Å². The van der Waals surface area contributed by atoms with Crippen LogP contribution in [0.1, 0.15) is 37.3 Å². The van der Waals surface area contributed by atoms with Crippen LogP contribution in [0.3, 0.4) is 0 Å². The monoisotopic (exact) mass is 346 g/mol. The van der Waals surface area contributed by atoms with Gasteiger partial charge >= 0.3 is 5.97 Å². The summed E-state index contributed by atoms with van der Waals surface area (Å²) < 4.78 is 5.34. The minimum absolute atomic E-state index is 0.0269. The molecule has 0 aliphatic rings. The summed E-state index contributed by atoms with van der Waals surface area (Å²) in [5.74, 6) is -0.575. The number of carbonyl (C=O) groups excluding carboxylic acids is 1. The maximum Gasteiger partial charge on any atom is 0.358 e. The fraction of sp³-hybridized carbons (Fsp3) is 0.227. The molecule has 0 atom stereocenters. The number of nitriles is 1. The van der Waals surface area contributed by atoms with Gasteiger partial charge in [-0.05, 0) is 17.5 Å². The van der Waals surface area contributed by atoms with Gasteiger partial charge in [-0.15, -0.1) is 0 Å². The second-order valence-electron chi connectivity index (χ2n) is 5.71. The molecule has 0 aliphatic carbocycles. The Bertz CT molecular complexity index is 803. The lowest BCUT2D eigenvalue weighted by Gasteiger charge is -2.07. The van der Waals surface area contributed by atoms with Crippen molar-refractivity contribution in [1.82, 2.24) is 0 Å². The lowest BCUT2D eigenvalue weighted by molar-refractivity contribution is -0.139. The van der Waals surface area contributed by atoms with Crippen molar-refractivity contribution >= 4 is 17.8 Å². The Morgan fingerprint density at radius 1 is 1.08 bits per heavy atom. The van der Waals surface area contributed by atoms with Gasteiger partial charge in [0.2, 0.25) is 0 Å². The average Bonchev–Trinajstić information content (AvgIpc) is 2.69. The highest BCUT2D eigenvalue weighted by molar-refractivity contribution is 6.02. The molecule has 0 aliphatic heterocycles. The normalized spacial score (nSPS) is 11.7. The Hall–Kier alpha value is -3.19. The van der Waals surface area contributed by atoms with Gasteiger partial charge in [0.1, 0.15) is 6.07 Å². The van der Waals surface area contributed by atoms with Crippen molar-refractivity contribution in [2.45, 2.75) is 26.2 Å². The number of esters is 1. The molecule has 0 saturated heterocycles. The van der Waals surface area contributed by atoms with E-state index in [4.69, 9.17) is 4.74 Å². The number of unbranched alkanes of at least 4 members (excludes halogenated alkanes) is 2. The third kappa shape index (κ3) is 5.71. The SMILES string of the molecule is CCCCCOC(=O)C(N=Cc1ccccc1)=C(C#N)c1ccccc1. The predicted molar refractivity (Wildman–Crippen MR) is 103 cm³/mol.